The zero-order valence-corrected chi connectivity index (χ0v) is 11.7. The molecule has 0 aromatic rings. The van der Waals surface area contributed by atoms with Gasteiger partial charge in [0.05, 0.1) is 5.92 Å². The van der Waals surface area contributed by atoms with Crippen molar-refractivity contribution in [3.8, 4) is 0 Å². The van der Waals surface area contributed by atoms with Crippen molar-refractivity contribution in [3.05, 3.63) is 0 Å². The van der Waals surface area contributed by atoms with E-state index in [1.165, 1.54) is 25.7 Å². The van der Waals surface area contributed by atoms with Crippen molar-refractivity contribution in [3.63, 3.8) is 0 Å². The van der Waals surface area contributed by atoms with Crippen LogP contribution < -0.4 is 5.32 Å². The number of hydrogen-bond acceptors (Lipinski definition) is 2. The maximum atomic E-state index is 11.1. The zero-order valence-electron chi connectivity index (χ0n) is 11.7. The van der Waals surface area contributed by atoms with Crippen LogP contribution >= 0.6 is 0 Å². The Kier molecular flexibility index (Phi) is 4.31. The smallest absolute Gasteiger partial charge is 0.306 e. The molecule has 2 rings (SSSR count). The number of nitrogens with one attached hydrogen (secondary N) is 1. The number of carboxylic acids is 1. The topological polar surface area (TPSA) is 49.3 Å². The first-order valence-corrected chi connectivity index (χ1v) is 7.45. The molecule has 0 aromatic carbocycles. The number of carbonyl (C=O) groups is 1. The Hall–Kier alpha value is -0.570. The van der Waals surface area contributed by atoms with Crippen LogP contribution in [-0.2, 0) is 4.79 Å². The quantitative estimate of drug-likeness (QED) is 0.812. The van der Waals surface area contributed by atoms with Crippen LogP contribution in [0.2, 0.25) is 0 Å². The van der Waals surface area contributed by atoms with Crippen LogP contribution in [-0.4, -0.2) is 23.2 Å². The molecule has 3 atom stereocenters. The molecule has 2 fully saturated rings. The molecular weight excluding hydrogens is 226 g/mol. The van der Waals surface area contributed by atoms with E-state index in [1.807, 2.05) is 0 Å². The Balaban J connectivity index is 1.83. The summed E-state index contributed by atoms with van der Waals surface area (Å²) < 4.78 is 0. The highest BCUT2D eigenvalue weighted by molar-refractivity contribution is 5.70. The highest BCUT2D eigenvalue weighted by atomic mass is 16.4. The Labute approximate surface area is 110 Å². The molecule has 18 heavy (non-hydrogen) atoms. The van der Waals surface area contributed by atoms with Gasteiger partial charge < -0.3 is 10.4 Å². The van der Waals surface area contributed by atoms with Crippen molar-refractivity contribution < 1.29 is 9.90 Å². The molecule has 3 unspecified atom stereocenters. The molecule has 3 nitrogen and oxygen atoms in total. The lowest BCUT2D eigenvalue weighted by molar-refractivity contribution is -0.143. The maximum Gasteiger partial charge on any atom is 0.306 e. The predicted molar refractivity (Wildman–Crippen MR) is 72.6 cm³/mol. The largest absolute Gasteiger partial charge is 0.481 e. The van der Waals surface area contributed by atoms with Gasteiger partial charge in [0.1, 0.15) is 0 Å². The average Bonchev–Trinajstić information content (AvgIpc) is 2.28. The van der Waals surface area contributed by atoms with E-state index in [4.69, 9.17) is 5.11 Å². The van der Waals surface area contributed by atoms with Crippen molar-refractivity contribution in [1.29, 1.82) is 0 Å². The summed E-state index contributed by atoms with van der Waals surface area (Å²) in [5, 5.41) is 12.9. The van der Waals surface area contributed by atoms with Crippen molar-refractivity contribution >= 4 is 5.97 Å². The van der Waals surface area contributed by atoms with Crippen LogP contribution in [0.3, 0.4) is 0 Å². The van der Waals surface area contributed by atoms with Gasteiger partial charge in [0, 0.05) is 12.1 Å². The Morgan fingerprint density at radius 1 is 1.17 bits per heavy atom. The predicted octanol–water partition coefficient (Wildman–Crippen LogP) is 3.19. The number of aliphatic carboxylic acids is 1. The molecule has 2 N–H and O–H groups in total. The minimum atomic E-state index is -0.606. The second-order valence-electron chi connectivity index (χ2n) is 7.02. The number of hydrogen-bond donors (Lipinski definition) is 2. The van der Waals surface area contributed by atoms with Crippen molar-refractivity contribution in [2.45, 2.75) is 77.3 Å². The van der Waals surface area contributed by atoms with E-state index in [0.29, 0.717) is 17.5 Å². The summed E-state index contributed by atoms with van der Waals surface area (Å²) in [5.74, 6) is -0.724. The van der Waals surface area contributed by atoms with Gasteiger partial charge in [0.2, 0.25) is 0 Å². The Morgan fingerprint density at radius 3 is 2.56 bits per heavy atom. The SMILES string of the molecule is CC1(C)CCCC(NC2CCCC(C(=O)O)C2)C1. The molecule has 2 aliphatic carbocycles. The first kappa shape index (κ1) is 13.9. The Morgan fingerprint density at radius 2 is 1.89 bits per heavy atom. The maximum absolute atomic E-state index is 11.1. The van der Waals surface area contributed by atoms with Crippen LogP contribution in [0.4, 0.5) is 0 Å². The highest BCUT2D eigenvalue weighted by Crippen LogP contribution is 2.36. The normalized spacial score (nSPS) is 36.2. The summed E-state index contributed by atoms with van der Waals surface area (Å²) >= 11 is 0. The van der Waals surface area contributed by atoms with Crippen LogP contribution in [0.5, 0.6) is 0 Å². The van der Waals surface area contributed by atoms with Gasteiger partial charge in [0.15, 0.2) is 0 Å². The second kappa shape index (κ2) is 5.60. The number of rotatable bonds is 3. The molecule has 0 saturated heterocycles. The third kappa shape index (κ3) is 3.71. The minimum Gasteiger partial charge on any atom is -0.481 e. The van der Waals surface area contributed by atoms with Gasteiger partial charge in [-0.3, -0.25) is 4.79 Å². The molecule has 0 spiro atoms. The van der Waals surface area contributed by atoms with Gasteiger partial charge in [-0.2, -0.15) is 0 Å². The number of carboxylic acid groups (broad SMARTS) is 1. The molecule has 2 saturated carbocycles. The first-order chi connectivity index (χ1) is 8.46. The van der Waals surface area contributed by atoms with E-state index in [9.17, 15) is 4.79 Å². The third-order valence-corrected chi connectivity index (χ3v) is 4.70. The second-order valence-corrected chi connectivity index (χ2v) is 7.02. The molecule has 104 valence electrons. The minimum absolute atomic E-state index is 0.118. The van der Waals surface area contributed by atoms with Gasteiger partial charge in [-0.25, -0.2) is 0 Å². The lowest BCUT2D eigenvalue weighted by Gasteiger charge is -2.39. The van der Waals surface area contributed by atoms with E-state index in [2.05, 4.69) is 19.2 Å². The molecule has 0 aromatic heterocycles. The van der Waals surface area contributed by atoms with Crippen LogP contribution in [0.1, 0.15) is 65.2 Å². The Bertz CT molecular complexity index is 301. The molecule has 2 aliphatic rings. The molecule has 0 heterocycles. The fourth-order valence-electron chi connectivity index (χ4n) is 3.74. The first-order valence-electron chi connectivity index (χ1n) is 7.45. The lowest BCUT2D eigenvalue weighted by Crippen LogP contribution is -2.45. The van der Waals surface area contributed by atoms with Crippen LogP contribution in [0, 0.1) is 11.3 Å². The summed E-state index contributed by atoms with van der Waals surface area (Å²) in [6.07, 6.45) is 9.04. The van der Waals surface area contributed by atoms with Gasteiger partial charge >= 0.3 is 5.97 Å². The fourth-order valence-corrected chi connectivity index (χ4v) is 3.74. The van der Waals surface area contributed by atoms with E-state index in [-0.39, 0.29) is 5.92 Å². The summed E-state index contributed by atoms with van der Waals surface area (Å²) in [4.78, 5) is 11.1. The van der Waals surface area contributed by atoms with Gasteiger partial charge in [-0.1, -0.05) is 26.7 Å². The van der Waals surface area contributed by atoms with E-state index < -0.39 is 5.97 Å². The van der Waals surface area contributed by atoms with Crippen molar-refractivity contribution in [2.75, 3.05) is 0 Å². The molecule has 0 bridgehead atoms. The molecule has 0 radical (unpaired) electrons. The van der Waals surface area contributed by atoms with Gasteiger partial charge in [-0.05, 0) is 43.9 Å². The van der Waals surface area contributed by atoms with Gasteiger partial charge in [0.25, 0.3) is 0 Å². The monoisotopic (exact) mass is 253 g/mol. The lowest BCUT2D eigenvalue weighted by atomic mass is 9.74. The van der Waals surface area contributed by atoms with Gasteiger partial charge in [-0.15, -0.1) is 0 Å². The van der Waals surface area contributed by atoms with Crippen LogP contribution in [0.25, 0.3) is 0 Å². The summed E-state index contributed by atoms with van der Waals surface area (Å²) in [7, 11) is 0. The van der Waals surface area contributed by atoms with E-state index >= 15 is 0 Å². The van der Waals surface area contributed by atoms with Crippen LogP contribution in [0.15, 0.2) is 0 Å². The highest BCUT2D eigenvalue weighted by Gasteiger charge is 2.32. The van der Waals surface area contributed by atoms with E-state index in [0.717, 1.165) is 25.7 Å². The average molecular weight is 253 g/mol. The summed E-state index contributed by atoms with van der Waals surface area (Å²) in [5.41, 5.74) is 0.455. The standard InChI is InChI=1S/C15H27NO2/c1-15(2)8-4-7-13(10-15)16-12-6-3-5-11(9-12)14(17)18/h11-13,16H,3-10H2,1-2H3,(H,17,18). The molecular formula is C15H27NO2. The van der Waals surface area contributed by atoms with Crippen molar-refractivity contribution in [2.24, 2.45) is 11.3 Å². The molecule has 0 amide bonds. The summed E-state index contributed by atoms with van der Waals surface area (Å²) in [6.45, 7) is 4.70. The van der Waals surface area contributed by atoms with Crippen molar-refractivity contribution in [1.82, 2.24) is 5.32 Å². The molecule has 3 heteroatoms. The molecule has 0 aliphatic heterocycles. The zero-order chi connectivity index (χ0) is 13.2. The third-order valence-electron chi connectivity index (χ3n) is 4.70. The van der Waals surface area contributed by atoms with E-state index in [1.54, 1.807) is 0 Å². The fraction of sp³-hybridized carbons (Fsp3) is 0.933. The summed E-state index contributed by atoms with van der Waals surface area (Å²) in [6, 6.07) is 1.03.